The summed E-state index contributed by atoms with van der Waals surface area (Å²) in [6.45, 7) is 17.5. The zero-order valence-corrected chi connectivity index (χ0v) is 28.5. The van der Waals surface area contributed by atoms with Crippen LogP contribution in [0, 0.1) is 17.8 Å². The molecule has 0 saturated heterocycles. The summed E-state index contributed by atoms with van der Waals surface area (Å²) in [4.78, 5) is 0. The van der Waals surface area contributed by atoms with Crippen LogP contribution in [0.4, 0.5) is 0 Å². The van der Waals surface area contributed by atoms with E-state index >= 15 is 0 Å². The zero-order valence-electron chi connectivity index (χ0n) is 28.5. The third-order valence-corrected chi connectivity index (χ3v) is 8.27. The minimum atomic E-state index is -0.0289. The molecule has 3 atom stereocenters. The van der Waals surface area contributed by atoms with Crippen LogP contribution in [0.3, 0.4) is 0 Å². The van der Waals surface area contributed by atoms with E-state index in [1.165, 1.54) is 148 Å². The predicted octanol–water partition coefficient (Wildman–Crippen LogP) is 12.7. The van der Waals surface area contributed by atoms with Crippen molar-refractivity contribution < 1.29 is 9.84 Å². The molecule has 1 aliphatic carbocycles. The minimum absolute atomic E-state index is 0.0289. The first-order chi connectivity index (χ1) is 18.9. The number of unbranched alkanes of at least 4 members (excludes halogenated alkanes) is 18. The molecule has 0 amide bonds. The Kier molecular flexibility index (Phi) is 35.9. The Morgan fingerprint density at radius 1 is 0.564 bits per heavy atom. The quantitative estimate of drug-likeness (QED) is 0.127. The molecular weight excluding hydrogens is 476 g/mol. The summed E-state index contributed by atoms with van der Waals surface area (Å²) >= 11 is 0. The maximum atomic E-state index is 9.71. The molecule has 0 heterocycles. The summed E-state index contributed by atoms with van der Waals surface area (Å²) in [5, 5.41) is 9.71. The molecule has 1 N–H and O–H groups in total. The predicted molar refractivity (Wildman–Crippen MR) is 178 cm³/mol. The third kappa shape index (κ3) is 32.3. The molecule has 0 aromatic rings. The topological polar surface area (TPSA) is 29.5 Å². The molecule has 3 unspecified atom stereocenters. The molecule has 2 nitrogen and oxygen atoms in total. The molecular formula is C37H78O2. The molecule has 0 bridgehead atoms. The van der Waals surface area contributed by atoms with E-state index < -0.39 is 0 Å². The summed E-state index contributed by atoms with van der Waals surface area (Å²) in [6.07, 6.45) is 32.9. The van der Waals surface area contributed by atoms with Gasteiger partial charge in [0.25, 0.3) is 0 Å². The molecule has 1 aliphatic rings. The van der Waals surface area contributed by atoms with Gasteiger partial charge >= 0.3 is 0 Å². The lowest BCUT2D eigenvalue weighted by molar-refractivity contribution is 0.0266. The van der Waals surface area contributed by atoms with Crippen molar-refractivity contribution >= 4 is 0 Å². The molecule has 2 heteroatoms. The van der Waals surface area contributed by atoms with Crippen LogP contribution in [0.2, 0.25) is 0 Å². The van der Waals surface area contributed by atoms with Crippen LogP contribution in [0.1, 0.15) is 203 Å². The Morgan fingerprint density at radius 3 is 1.21 bits per heavy atom. The molecule has 0 aromatic heterocycles. The van der Waals surface area contributed by atoms with Gasteiger partial charge in [0.1, 0.15) is 0 Å². The van der Waals surface area contributed by atoms with Crippen molar-refractivity contribution in [3.63, 3.8) is 0 Å². The number of ether oxygens (including phenoxy) is 1. The van der Waals surface area contributed by atoms with Gasteiger partial charge in [-0.25, -0.2) is 0 Å². The minimum Gasteiger partial charge on any atom is -0.393 e. The first kappa shape index (κ1) is 41.1. The molecule has 0 radical (unpaired) electrons. The lowest BCUT2D eigenvalue weighted by Gasteiger charge is -2.33. The second-order valence-corrected chi connectivity index (χ2v) is 13.1. The summed E-state index contributed by atoms with van der Waals surface area (Å²) in [7, 11) is 0. The van der Waals surface area contributed by atoms with E-state index in [9.17, 15) is 5.11 Å². The van der Waals surface area contributed by atoms with Crippen molar-refractivity contribution in [3.8, 4) is 0 Å². The van der Waals surface area contributed by atoms with Crippen molar-refractivity contribution in [3.05, 3.63) is 0 Å². The van der Waals surface area contributed by atoms with Crippen LogP contribution < -0.4 is 0 Å². The van der Waals surface area contributed by atoms with Crippen LogP contribution in [-0.4, -0.2) is 24.4 Å². The highest BCUT2D eigenvalue weighted by atomic mass is 16.5. The van der Waals surface area contributed by atoms with E-state index in [1.807, 2.05) is 0 Å². The molecule has 1 saturated carbocycles. The van der Waals surface area contributed by atoms with Crippen molar-refractivity contribution in [1.82, 2.24) is 0 Å². The maximum absolute atomic E-state index is 9.71. The van der Waals surface area contributed by atoms with E-state index in [0.717, 1.165) is 25.6 Å². The molecule has 0 aromatic carbocycles. The van der Waals surface area contributed by atoms with Crippen LogP contribution in [0.15, 0.2) is 0 Å². The number of aliphatic hydroxyl groups is 1. The van der Waals surface area contributed by atoms with E-state index in [-0.39, 0.29) is 6.10 Å². The summed E-state index contributed by atoms with van der Waals surface area (Å²) in [5.74, 6) is 1.95. The van der Waals surface area contributed by atoms with Crippen molar-refractivity contribution in [2.24, 2.45) is 17.8 Å². The fraction of sp³-hybridized carbons (Fsp3) is 1.00. The molecule has 0 aliphatic heterocycles. The van der Waals surface area contributed by atoms with E-state index in [4.69, 9.17) is 4.74 Å². The number of aliphatic hydroxyl groups excluding tert-OH is 1. The van der Waals surface area contributed by atoms with E-state index in [0.29, 0.717) is 11.8 Å². The van der Waals surface area contributed by atoms with Crippen LogP contribution in [-0.2, 0) is 4.74 Å². The Labute approximate surface area is 249 Å². The zero-order chi connectivity index (χ0) is 29.4. The van der Waals surface area contributed by atoms with Gasteiger partial charge in [-0.1, -0.05) is 177 Å². The average Bonchev–Trinajstić information content (AvgIpc) is 2.90. The summed E-state index contributed by atoms with van der Waals surface area (Å²) < 4.78 is 5.78. The fourth-order valence-corrected chi connectivity index (χ4v) is 5.64. The molecule has 1 rings (SSSR count). The van der Waals surface area contributed by atoms with Gasteiger partial charge in [-0.05, 0) is 43.4 Å². The highest BCUT2D eigenvalue weighted by molar-refractivity contribution is 4.79. The van der Waals surface area contributed by atoms with Gasteiger partial charge in [0.2, 0.25) is 0 Å². The smallest absolute Gasteiger partial charge is 0.0573 e. The van der Waals surface area contributed by atoms with Crippen LogP contribution in [0.25, 0.3) is 0 Å². The third-order valence-electron chi connectivity index (χ3n) is 8.27. The number of hydrogen-bond donors (Lipinski definition) is 1. The largest absolute Gasteiger partial charge is 0.393 e. The van der Waals surface area contributed by atoms with Crippen molar-refractivity contribution in [1.29, 1.82) is 0 Å². The number of hydrogen-bond acceptors (Lipinski definition) is 2. The second-order valence-electron chi connectivity index (χ2n) is 13.1. The molecule has 0 spiro atoms. The molecule has 238 valence electrons. The van der Waals surface area contributed by atoms with Crippen LogP contribution >= 0.6 is 0 Å². The van der Waals surface area contributed by atoms with E-state index in [2.05, 4.69) is 48.5 Å². The standard InChI is InChI=1S/C24H50O.C10H20O.C3H8/c1-3-5-7-9-11-13-15-17-19-21-23-25-24-22-20-18-16-14-12-10-8-6-4-2;1-7(2)9-5-4-8(3)6-10(9)11;1-3-2/h3-24H2,1-2H3;7-11H,4-6H2,1-3H3;3H2,1-2H3. The van der Waals surface area contributed by atoms with Gasteiger partial charge in [-0.15, -0.1) is 0 Å². The molecule has 1 fully saturated rings. The van der Waals surface area contributed by atoms with Gasteiger partial charge in [0.05, 0.1) is 6.10 Å². The monoisotopic (exact) mass is 555 g/mol. The summed E-state index contributed by atoms with van der Waals surface area (Å²) in [5.41, 5.74) is 0. The Bertz CT molecular complexity index is 400. The fourth-order valence-electron chi connectivity index (χ4n) is 5.64. The first-order valence-corrected chi connectivity index (χ1v) is 18.2. The van der Waals surface area contributed by atoms with Crippen molar-refractivity contribution in [2.75, 3.05) is 13.2 Å². The lowest BCUT2D eigenvalue weighted by Crippen LogP contribution is -2.31. The Morgan fingerprint density at radius 2 is 0.897 bits per heavy atom. The molecule has 39 heavy (non-hydrogen) atoms. The van der Waals surface area contributed by atoms with Crippen LogP contribution in [0.5, 0.6) is 0 Å². The summed E-state index contributed by atoms with van der Waals surface area (Å²) in [6, 6.07) is 0. The normalized spacial score (nSPS) is 18.8. The Hall–Kier alpha value is -0.0800. The van der Waals surface area contributed by atoms with Gasteiger partial charge < -0.3 is 9.84 Å². The van der Waals surface area contributed by atoms with E-state index in [1.54, 1.807) is 0 Å². The second kappa shape index (κ2) is 34.1. The van der Waals surface area contributed by atoms with Crippen molar-refractivity contribution in [2.45, 2.75) is 209 Å². The Balaban J connectivity index is 0. The maximum Gasteiger partial charge on any atom is 0.0573 e. The van der Waals surface area contributed by atoms with Gasteiger partial charge in [0.15, 0.2) is 0 Å². The SMILES string of the molecule is CC1CCC(C(C)C)C(O)C1.CCC.CCCCCCCCCCCCOCCCCCCCCCCCC. The van der Waals surface area contributed by atoms with Gasteiger partial charge in [0, 0.05) is 13.2 Å². The highest BCUT2D eigenvalue weighted by Gasteiger charge is 2.28. The average molecular weight is 555 g/mol. The number of rotatable bonds is 23. The lowest BCUT2D eigenvalue weighted by atomic mass is 9.75. The van der Waals surface area contributed by atoms with Gasteiger partial charge in [-0.2, -0.15) is 0 Å². The highest BCUT2D eigenvalue weighted by Crippen LogP contribution is 2.33. The first-order valence-electron chi connectivity index (χ1n) is 18.2. The van der Waals surface area contributed by atoms with Gasteiger partial charge in [-0.3, -0.25) is 0 Å².